The van der Waals surface area contributed by atoms with Crippen LogP contribution in [0.5, 0.6) is 0 Å². The Labute approximate surface area is 175 Å². The molecule has 3 heterocycles. The maximum absolute atomic E-state index is 12.6. The van der Waals surface area contributed by atoms with E-state index in [4.69, 9.17) is 0 Å². The predicted molar refractivity (Wildman–Crippen MR) is 114 cm³/mol. The van der Waals surface area contributed by atoms with E-state index >= 15 is 0 Å². The van der Waals surface area contributed by atoms with Crippen molar-refractivity contribution in [1.82, 2.24) is 19.9 Å². The van der Waals surface area contributed by atoms with Crippen molar-refractivity contribution in [2.24, 2.45) is 0 Å². The molecule has 1 atom stereocenters. The van der Waals surface area contributed by atoms with Crippen molar-refractivity contribution in [3.05, 3.63) is 71.9 Å². The van der Waals surface area contributed by atoms with Crippen LogP contribution in [-0.4, -0.2) is 33.4 Å². The smallest absolute Gasteiger partial charge is 0.256 e. The highest BCUT2D eigenvalue weighted by Gasteiger charge is 2.31. The number of aromatic nitrogens is 3. The van der Waals surface area contributed by atoms with Gasteiger partial charge in [0.25, 0.3) is 5.91 Å². The average molecular weight is 404 g/mol. The number of carbonyl (C=O) groups excluding carboxylic acids is 2. The first-order valence-electron chi connectivity index (χ1n) is 9.96. The molecule has 2 amide bonds. The van der Waals surface area contributed by atoms with Gasteiger partial charge in [-0.05, 0) is 18.2 Å². The summed E-state index contributed by atoms with van der Waals surface area (Å²) in [6, 6.07) is 11.0. The van der Waals surface area contributed by atoms with E-state index < -0.39 is 6.17 Å². The molecule has 0 spiro atoms. The number of imidazole rings is 1. The van der Waals surface area contributed by atoms with Crippen LogP contribution in [0.15, 0.2) is 55.0 Å². The molecule has 0 aliphatic carbocycles. The van der Waals surface area contributed by atoms with Crippen molar-refractivity contribution in [3.8, 4) is 0 Å². The number of nitrogens with one attached hydrogen (secondary N) is 2. The first-order chi connectivity index (χ1) is 14.6. The van der Waals surface area contributed by atoms with E-state index in [2.05, 4.69) is 20.6 Å². The lowest BCUT2D eigenvalue weighted by molar-refractivity contribution is -0.116. The molecule has 8 heteroatoms. The molecule has 1 aromatic carbocycles. The molecule has 0 fully saturated rings. The molecule has 0 bridgehead atoms. The second-order valence-corrected chi connectivity index (χ2v) is 7.14. The Hall–Kier alpha value is -3.68. The lowest BCUT2D eigenvalue weighted by atomic mass is 10.0. The van der Waals surface area contributed by atoms with Gasteiger partial charge in [-0.3, -0.25) is 9.59 Å². The Morgan fingerprint density at radius 3 is 2.83 bits per heavy atom. The van der Waals surface area contributed by atoms with Crippen molar-refractivity contribution < 1.29 is 9.59 Å². The van der Waals surface area contributed by atoms with Crippen LogP contribution in [0.1, 0.15) is 41.3 Å². The molecule has 3 aromatic rings. The van der Waals surface area contributed by atoms with Gasteiger partial charge in [0.05, 0.1) is 5.56 Å². The van der Waals surface area contributed by atoms with Crippen molar-refractivity contribution in [2.45, 2.75) is 32.5 Å². The molecule has 154 valence electrons. The van der Waals surface area contributed by atoms with E-state index in [-0.39, 0.29) is 11.8 Å². The summed E-state index contributed by atoms with van der Waals surface area (Å²) in [7, 11) is 1.87. The zero-order chi connectivity index (χ0) is 21.1. The van der Waals surface area contributed by atoms with Gasteiger partial charge >= 0.3 is 0 Å². The molecular formula is C22H24N6O2. The molecule has 1 aliphatic heterocycles. The fourth-order valence-electron chi connectivity index (χ4n) is 3.70. The summed E-state index contributed by atoms with van der Waals surface area (Å²) in [4.78, 5) is 35.7. The standard InChI is InChI=1S/C22H24N6O2/c1-3-18-23-12-14-28(18)13-10-19(29)25-17-9-5-4-7-15(17)21-26-22(30)16-8-6-11-24-20(16)27(21)2/h4-9,11-12,14,21H,3,10,13H2,1-2H3,(H,25,29)(H,26,30). The minimum atomic E-state index is -0.434. The monoisotopic (exact) mass is 404 g/mol. The SMILES string of the molecule is CCc1nccn1CCC(=O)Nc1ccccc1C1NC(=O)c2cccnc2N1C. The number of benzene rings is 1. The normalized spacial score (nSPS) is 15.5. The van der Waals surface area contributed by atoms with Gasteiger partial charge in [-0.1, -0.05) is 25.1 Å². The summed E-state index contributed by atoms with van der Waals surface area (Å²) >= 11 is 0. The molecule has 8 nitrogen and oxygen atoms in total. The molecule has 2 aromatic heterocycles. The van der Waals surface area contributed by atoms with E-state index in [9.17, 15) is 9.59 Å². The summed E-state index contributed by atoms with van der Waals surface area (Å²) in [5.41, 5.74) is 2.00. The summed E-state index contributed by atoms with van der Waals surface area (Å²) in [5, 5.41) is 6.00. The van der Waals surface area contributed by atoms with Crippen LogP contribution in [0.25, 0.3) is 0 Å². The number of hydrogen-bond donors (Lipinski definition) is 2. The van der Waals surface area contributed by atoms with Gasteiger partial charge in [0.2, 0.25) is 5.91 Å². The summed E-state index contributed by atoms with van der Waals surface area (Å²) < 4.78 is 1.99. The predicted octanol–water partition coefficient (Wildman–Crippen LogP) is 2.75. The van der Waals surface area contributed by atoms with E-state index in [1.165, 1.54) is 0 Å². The summed E-state index contributed by atoms with van der Waals surface area (Å²) in [6.45, 7) is 2.60. The molecule has 2 N–H and O–H groups in total. The van der Waals surface area contributed by atoms with Gasteiger partial charge < -0.3 is 20.1 Å². The third kappa shape index (κ3) is 3.76. The van der Waals surface area contributed by atoms with Crippen LogP contribution in [0, 0.1) is 0 Å². The van der Waals surface area contributed by atoms with Gasteiger partial charge in [-0.25, -0.2) is 9.97 Å². The maximum atomic E-state index is 12.6. The first kappa shape index (κ1) is 19.6. The second kappa shape index (κ2) is 8.36. The van der Waals surface area contributed by atoms with Gasteiger partial charge in [0.15, 0.2) is 0 Å². The molecular weight excluding hydrogens is 380 g/mol. The number of amides is 2. The van der Waals surface area contributed by atoms with Gasteiger partial charge in [0.1, 0.15) is 17.8 Å². The average Bonchev–Trinajstić information content (AvgIpc) is 3.23. The lowest BCUT2D eigenvalue weighted by Gasteiger charge is -2.36. The Kier molecular flexibility index (Phi) is 5.47. The van der Waals surface area contributed by atoms with E-state index in [1.807, 2.05) is 53.9 Å². The summed E-state index contributed by atoms with van der Waals surface area (Å²) in [5.74, 6) is 1.29. The number of para-hydroxylation sites is 1. The minimum Gasteiger partial charge on any atom is -0.335 e. The summed E-state index contributed by atoms with van der Waals surface area (Å²) in [6.07, 6.45) is 6.02. The Morgan fingerprint density at radius 1 is 1.17 bits per heavy atom. The van der Waals surface area contributed by atoms with Crippen molar-refractivity contribution >= 4 is 23.3 Å². The molecule has 4 rings (SSSR count). The van der Waals surface area contributed by atoms with E-state index in [0.29, 0.717) is 30.0 Å². The van der Waals surface area contributed by atoms with E-state index in [1.54, 1.807) is 24.5 Å². The number of fused-ring (bicyclic) bond motifs is 1. The van der Waals surface area contributed by atoms with Crippen LogP contribution < -0.4 is 15.5 Å². The molecule has 1 aliphatic rings. The zero-order valence-electron chi connectivity index (χ0n) is 17.0. The Morgan fingerprint density at radius 2 is 2.00 bits per heavy atom. The highest BCUT2D eigenvalue weighted by molar-refractivity contribution is 6.01. The third-order valence-electron chi connectivity index (χ3n) is 5.25. The largest absolute Gasteiger partial charge is 0.335 e. The Balaban J connectivity index is 1.52. The maximum Gasteiger partial charge on any atom is 0.256 e. The minimum absolute atomic E-state index is 0.0958. The highest BCUT2D eigenvalue weighted by Crippen LogP contribution is 2.33. The van der Waals surface area contributed by atoms with Gasteiger partial charge in [-0.2, -0.15) is 0 Å². The number of nitrogens with zero attached hydrogens (tertiary/aromatic N) is 4. The third-order valence-corrected chi connectivity index (χ3v) is 5.25. The number of rotatable bonds is 6. The fourth-order valence-corrected chi connectivity index (χ4v) is 3.70. The number of pyridine rings is 1. The lowest BCUT2D eigenvalue weighted by Crippen LogP contribution is -2.45. The Bertz CT molecular complexity index is 1080. The molecule has 0 saturated heterocycles. The fraction of sp³-hybridized carbons (Fsp3) is 0.273. The molecule has 0 saturated carbocycles. The van der Waals surface area contributed by atoms with Gasteiger partial charge in [-0.15, -0.1) is 0 Å². The van der Waals surface area contributed by atoms with E-state index in [0.717, 1.165) is 17.8 Å². The quantitative estimate of drug-likeness (QED) is 0.659. The second-order valence-electron chi connectivity index (χ2n) is 7.14. The van der Waals surface area contributed by atoms with Crippen LogP contribution in [0.2, 0.25) is 0 Å². The molecule has 1 unspecified atom stereocenters. The van der Waals surface area contributed by atoms with Crippen LogP contribution in [0.3, 0.4) is 0 Å². The first-order valence-corrected chi connectivity index (χ1v) is 9.96. The molecule has 30 heavy (non-hydrogen) atoms. The zero-order valence-corrected chi connectivity index (χ0v) is 17.0. The topological polar surface area (TPSA) is 92.2 Å². The van der Waals surface area contributed by atoms with Gasteiger partial charge in [0, 0.05) is 56.3 Å². The number of hydrogen-bond acceptors (Lipinski definition) is 5. The number of anilines is 2. The number of carbonyl (C=O) groups is 2. The van der Waals surface area contributed by atoms with Crippen molar-refractivity contribution in [1.29, 1.82) is 0 Å². The van der Waals surface area contributed by atoms with Crippen molar-refractivity contribution in [2.75, 3.05) is 17.3 Å². The highest BCUT2D eigenvalue weighted by atomic mass is 16.2. The van der Waals surface area contributed by atoms with Crippen LogP contribution >= 0.6 is 0 Å². The van der Waals surface area contributed by atoms with Crippen molar-refractivity contribution in [3.63, 3.8) is 0 Å². The number of aryl methyl sites for hydroxylation is 2. The van der Waals surface area contributed by atoms with Crippen LogP contribution in [-0.2, 0) is 17.8 Å². The molecule has 0 radical (unpaired) electrons. The van der Waals surface area contributed by atoms with Crippen LogP contribution in [0.4, 0.5) is 11.5 Å².